The molecule has 12 aromatic carbocycles. The van der Waals surface area contributed by atoms with Crippen molar-refractivity contribution in [1.29, 1.82) is 0 Å². The fourth-order valence-corrected chi connectivity index (χ4v) is 19.7. The number of hydrogen-bond acceptors (Lipinski definition) is 4. The van der Waals surface area contributed by atoms with Crippen LogP contribution in [0.15, 0.2) is 238 Å². The Balaban J connectivity index is 0.870. The van der Waals surface area contributed by atoms with Gasteiger partial charge in [-0.15, -0.1) is 0 Å². The summed E-state index contributed by atoms with van der Waals surface area (Å²) in [5.74, 6) is 0. The van der Waals surface area contributed by atoms with E-state index in [0.717, 1.165) is 87.1 Å². The van der Waals surface area contributed by atoms with Gasteiger partial charge in [0.25, 0.3) is 0 Å². The normalized spacial score (nSPS) is 15.2. The molecule has 0 amide bonds. The van der Waals surface area contributed by atoms with Crippen LogP contribution in [0.4, 0.5) is 17.1 Å². The lowest BCUT2D eigenvalue weighted by Crippen LogP contribution is -2.26. The first-order valence-electron chi connectivity index (χ1n) is 37.3. The molecule has 0 spiro atoms. The van der Waals surface area contributed by atoms with Crippen LogP contribution < -0.4 is 4.90 Å². The number of para-hydroxylation sites is 3. The molecule has 3 aromatic heterocycles. The molecule has 0 bridgehead atoms. The first-order chi connectivity index (χ1) is 48.8. The first-order valence-corrected chi connectivity index (χ1v) is 37.3. The van der Waals surface area contributed by atoms with Gasteiger partial charge in [0, 0.05) is 87.7 Å². The van der Waals surface area contributed by atoms with Crippen molar-refractivity contribution >= 4 is 82.9 Å². The summed E-state index contributed by atoms with van der Waals surface area (Å²) in [7, 11) is 0. The predicted octanol–water partition coefficient (Wildman–Crippen LogP) is 28.1. The van der Waals surface area contributed by atoms with Gasteiger partial charge in [0.15, 0.2) is 0 Å². The second kappa shape index (κ2) is 22.7. The monoisotopic (exact) mass is 1300 g/mol. The number of fused-ring (bicyclic) bond motifs is 26. The van der Waals surface area contributed by atoms with Gasteiger partial charge in [-0.05, 0) is 174 Å². The third kappa shape index (κ3) is 8.64. The Hall–Kier alpha value is -10.2. The fraction of sp³-hybridized carbons (Fsp3) is 0.250. The Kier molecular flexibility index (Phi) is 13.8. The van der Waals surface area contributed by atoms with Gasteiger partial charge in [0.2, 0.25) is 0 Å². The van der Waals surface area contributed by atoms with Crippen molar-refractivity contribution in [3.63, 3.8) is 0 Å². The number of benzene rings is 12. The Morgan fingerprint density at radius 2 is 0.680 bits per heavy atom. The van der Waals surface area contributed by atoms with Crippen LogP contribution in [0.1, 0.15) is 177 Å². The summed E-state index contributed by atoms with van der Waals surface area (Å²) in [6.07, 6.45) is 14.3. The molecule has 0 radical (unpaired) electrons. The molecule has 0 fully saturated rings. The summed E-state index contributed by atoms with van der Waals surface area (Å²) in [6, 6.07) is 85.0. The number of unbranched alkanes of at least 4 members (excludes halogenated alkanes) is 8. The highest BCUT2D eigenvalue weighted by atomic mass is 16.3. The first kappa shape index (κ1) is 61.0. The van der Waals surface area contributed by atoms with E-state index in [-0.39, 0.29) is 16.2 Å². The van der Waals surface area contributed by atoms with Crippen molar-refractivity contribution in [2.24, 2.45) is 0 Å². The van der Waals surface area contributed by atoms with Gasteiger partial charge in [0.05, 0.1) is 0 Å². The summed E-state index contributed by atoms with van der Waals surface area (Å²) < 4.78 is 21.4. The standard InChI is InChI=1S/C96H85NO3/c1-9-11-13-15-31-51-96(52-32-16-14-12-10-2)75-55-62(47-50-66(75)82-77(96)57-71(59-35-21-18-22-36-59)91-85(82)68-39-25-29-43-79(68)99-91)97(60-45-48-64-73(53-60)93(3,4)76-56-70(58-33-19-17-20-34-58)90-84(81(64)76)67-38-24-28-42-78(67)98-90)61-46-49-65-74(54-61)95(7,8)88-83(65)86-69-40-26-30-44-80(69)100-92(86)87-63-37-23-27-41-72(63)94(5,6)89(87)88/h17-30,33-50,53-57H,9-16,31-32,51-52H2,1-8H3. The molecular weight excluding hydrogens is 1220 g/mol. The Bertz CT molecular complexity index is 5850. The topological polar surface area (TPSA) is 42.7 Å². The Morgan fingerprint density at radius 3 is 1.22 bits per heavy atom. The van der Waals surface area contributed by atoms with Crippen molar-refractivity contribution < 1.29 is 13.3 Å². The van der Waals surface area contributed by atoms with Crippen LogP contribution in [0.2, 0.25) is 0 Å². The molecule has 0 N–H and O–H groups in total. The molecule has 4 aliphatic carbocycles. The van der Waals surface area contributed by atoms with Crippen LogP contribution in [0, 0.1) is 0 Å². The maximum absolute atomic E-state index is 7.19. The molecule has 0 saturated carbocycles. The molecule has 15 aromatic rings. The van der Waals surface area contributed by atoms with Crippen molar-refractivity contribution in [2.45, 2.75) is 154 Å². The molecule has 19 rings (SSSR count). The highest BCUT2D eigenvalue weighted by Crippen LogP contribution is 2.66. The Morgan fingerprint density at radius 1 is 0.290 bits per heavy atom. The molecule has 492 valence electrons. The van der Waals surface area contributed by atoms with Gasteiger partial charge in [-0.2, -0.15) is 0 Å². The minimum atomic E-state index is -0.404. The van der Waals surface area contributed by atoms with Crippen LogP contribution in [-0.4, -0.2) is 0 Å². The number of nitrogens with zero attached hydrogens (tertiary/aromatic N) is 1. The van der Waals surface area contributed by atoms with Crippen molar-refractivity contribution in [3.8, 4) is 66.8 Å². The van der Waals surface area contributed by atoms with Crippen LogP contribution >= 0.6 is 0 Å². The van der Waals surface area contributed by atoms with E-state index in [1.165, 1.54) is 184 Å². The second-order valence-electron chi connectivity index (χ2n) is 31.2. The van der Waals surface area contributed by atoms with E-state index < -0.39 is 5.41 Å². The lowest BCUT2D eigenvalue weighted by molar-refractivity contribution is 0.399. The second-order valence-corrected chi connectivity index (χ2v) is 31.2. The molecule has 4 nitrogen and oxygen atoms in total. The van der Waals surface area contributed by atoms with E-state index in [0.29, 0.717) is 0 Å². The predicted molar refractivity (Wildman–Crippen MR) is 419 cm³/mol. The summed E-state index contributed by atoms with van der Waals surface area (Å²) in [5.41, 5.74) is 33.9. The number of rotatable bonds is 17. The highest BCUT2D eigenvalue weighted by molar-refractivity contribution is 6.23. The van der Waals surface area contributed by atoms with Crippen molar-refractivity contribution in [1.82, 2.24) is 0 Å². The zero-order chi connectivity index (χ0) is 67.6. The molecule has 4 heteroatoms. The number of furan rings is 3. The average molecular weight is 1300 g/mol. The SMILES string of the molecule is CCCCCCCC1(CCCCCCC)c2cc(N(c3ccc4c(c3)C(C)(C)c3cc(-c5ccccc5)c5oc6ccccc6c5c3-4)c3ccc4c(c3)C(C)(C)c3c5c(c6oc7ccccc7c6c3-4)-c3ccccc3C5(C)C)ccc2-c2c1cc(-c1ccccc1)c1oc3ccccc3c21. The average Bonchev–Trinajstić information content (AvgIpc) is 1.51. The maximum atomic E-state index is 7.19. The van der Waals surface area contributed by atoms with E-state index in [2.05, 4.69) is 285 Å². The van der Waals surface area contributed by atoms with E-state index in [1.807, 2.05) is 0 Å². The molecule has 0 atom stereocenters. The maximum Gasteiger partial charge on any atom is 0.144 e. The fourth-order valence-electron chi connectivity index (χ4n) is 19.7. The van der Waals surface area contributed by atoms with Crippen LogP contribution in [0.3, 0.4) is 0 Å². The summed E-state index contributed by atoms with van der Waals surface area (Å²) in [5, 5.41) is 7.15. The van der Waals surface area contributed by atoms with Crippen molar-refractivity contribution in [3.05, 3.63) is 269 Å². The zero-order valence-corrected chi connectivity index (χ0v) is 59.0. The summed E-state index contributed by atoms with van der Waals surface area (Å²) in [6.45, 7) is 19.5. The highest BCUT2D eigenvalue weighted by Gasteiger charge is 2.50. The van der Waals surface area contributed by atoms with Gasteiger partial charge in [0.1, 0.15) is 33.5 Å². The van der Waals surface area contributed by atoms with Crippen LogP contribution in [0.25, 0.3) is 133 Å². The van der Waals surface area contributed by atoms with Crippen LogP contribution in [-0.2, 0) is 21.7 Å². The van der Waals surface area contributed by atoms with E-state index in [1.54, 1.807) is 0 Å². The van der Waals surface area contributed by atoms with Gasteiger partial charge < -0.3 is 18.2 Å². The van der Waals surface area contributed by atoms with Gasteiger partial charge in [-0.3, -0.25) is 0 Å². The molecule has 0 aliphatic heterocycles. The summed E-state index contributed by atoms with van der Waals surface area (Å²) in [4.78, 5) is 2.65. The molecular formula is C96H85NO3. The third-order valence-electron chi connectivity index (χ3n) is 24.5. The minimum Gasteiger partial charge on any atom is -0.455 e. The van der Waals surface area contributed by atoms with E-state index >= 15 is 0 Å². The molecule has 0 unspecified atom stereocenters. The lowest BCUT2D eigenvalue weighted by Gasteiger charge is -2.35. The molecule has 3 heterocycles. The van der Waals surface area contributed by atoms with E-state index in [4.69, 9.17) is 13.3 Å². The zero-order valence-electron chi connectivity index (χ0n) is 59.0. The lowest BCUT2D eigenvalue weighted by atomic mass is 9.70. The Labute approximate surface area is 587 Å². The van der Waals surface area contributed by atoms with Gasteiger partial charge >= 0.3 is 0 Å². The van der Waals surface area contributed by atoms with Gasteiger partial charge in [-0.25, -0.2) is 0 Å². The van der Waals surface area contributed by atoms with Gasteiger partial charge in [-0.1, -0.05) is 277 Å². The minimum absolute atomic E-state index is 0.275. The molecule has 100 heavy (non-hydrogen) atoms. The largest absolute Gasteiger partial charge is 0.455 e. The van der Waals surface area contributed by atoms with E-state index in [9.17, 15) is 0 Å². The van der Waals surface area contributed by atoms with Crippen molar-refractivity contribution in [2.75, 3.05) is 4.90 Å². The smallest absolute Gasteiger partial charge is 0.144 e. The molecule has 4 aliphatic rings. The summed E-state index contributed by atoms with van der Waals surface area (Å²) >= 11 is 0. The van der Waals surface area contributed by atoms with Crippen LogP contribution in [0.5, 0.6) is 0 Å². The number of anilines is 3. The third-order valence-corrected chi connectivity index (χ3v) is 24.5. The number of hydrogen-bond donors (Lipinski definition) is 0. The molecule has 0 saturated heterocycles. The quantitative estimate of drug-likeness (QED) is 0.0852.